The topological polar surface area (TPSA) is 29.5 Å². The molecule has 3 atom stereocenters. The second-order valence-electron chi connectivity index (χ2n) is 3.73. The van der Waals surface area contributed by atoms with Crippen LogP contribution in [0.1, 0.15) is 32.6 Å². The van der Waals surface area contributed by atoms with Gasteiger partial charge in [0.05, 0.1) is 12.2 Å². The lowest BCUT2D eigenvalue weighted by Gasteiger charge is -2.26. The maximum atomic E-state index is 9.79. The normalized spacial score (nSPS) is 39.8. The van der Waals surface area contributed by atoms with Crippen LogP contribution in [-0.4, -0.2) is 23.4 Å². The quantitative estimate of drug-likeness (QED) is 0.635. The fourth-order valence-corrected chi connectivity index (χ4v) is 2.14. The summed E-state index contributed by atoms with van der Waals surface area (Å²) < 4.78 is 5.56. The van der Waals surface area contributed by atoms with Crippen LogP contribution in [-0.2, 0) is 4.74 Å². The van der Waals surface area contributed by atoms with Crippen molar-refractivity contribution in [1.29, 1.82) is 0 Å². The Hall–Kier alpha value is -0.340. The molecular formula is C10H16O2. The van der Waals surface area contributed by atoms with Crippen LogP contribution in [0.25, 0.3) is 0 Å². The lowest BCUT2D eigenvalue weighted by Crippen LogP contribution is -2.32. The van der Waals surface area contributed by atoms with Gasteiger partial charge < -0.3 is 9.84 Å². The minimum atomic E-state index is -0.316. The Labute approximate surface area is 73.2 Å². The number of ether oxygens (including phenoxy) is 1. The van der Waals surface area contributed by atoms with E-state index in [9.17, 15) is 5.11 Å². The number of fused-ring (bicyclic) bond motifs is 2. The van der Waals surface area contributed by atoms with Gasteiger partial charge in [0.25, 0.3) is 0 Å². The van der Waals surface area contributed by atoms with E-state index in [4.69, 9.17) is 4.74 Å². The molecule has 1 N–H and O–H groups in total. The zero-order chi connectivity index (χ0) is 8.55. The summed E-state index contributed by atoms with van der Waals surface area (Å²) in [5.74, 6) is 0. The number of aliphatic hydroxyl groups is 1. The molecule has 68 valence electrons. The molecule has 0 aromatic rings. The van der Waals surface area contributed by atoms with Crippen molar-refractivity contribution < 1.29 is 9.84 Å². The molecular weight excluding hydrogens is 152 g/mol. The Bertz CT molecular complexity index is 198. The second kappa shape index (κ2) is 3.19. The largest absolute Gasteiger partial charge is 0.386 e. The molecule has 1 saturated heterocycles. The van der Waals surface area contributed by atoms with Crippen molar-refractivity contribution in [2.75, 3.05) is 0 Å². The monoisotopic (exact) mass is 168 g/mol. The molecule has 2 nitrogen and oxygen atoms in total. The zero-order valence-electron chi connectivity index (χ0n) is 7.49. The summed E-state index contributed by atoms with van der Waals surface area (Å²) in [4.78, 5) is 0. The first kappa shape index (κ1) is 8.27. The molecule has 0 spiro atoms. The molecule has 2 heterocycles. The highest BCUT2D eigenvalue weighted by Crippen LogP contribution is 2.33. The molecule has 2 aliphatic rings. The number of rotatable bonds is 2. The van der Waals surface area contributed by atoms with Crippen LogP contribution in [0.3, 0.4) is 0 Å². The van der Waals surface area contributed by atoms with Crippen LogP contribution in [0.15, 0.2) is 11.6 Å². The second-order valence-corrected chi connectivity index (χ2v) is 3.73. The Kier molecular flexibility index (Phi) is 2.20. The highest BCUT2D eigenvalue weighted by Gasteiger charge is 2.35. The summed E-state index contributed by atoms with van der Waals surface area (Å²) in [5.41, 5.74) is 1.20. The molecule has 0 saturated carbocycles. The van der Waals surface area contributed by atoms with Crippen molar-refractivity contribution in [3.05, 3.63) is 11.6 Å². The van der Waals surface area contributed by atoms with E-state index < -0.39 is 0 Å². The third kappa shape index (κ3) is 1.29. The average Bonchev–Trinajstić information content (AvgIpc) is 2.45. The Morgan fingerprint density at radius 1 is 1.58 bits per heavy atom. The molecule has 2 rings (SSSR count). The lowest BCUT2D eigenvalue weighted by atomic mass is 9.99. The smallest absolute Gasteiger partial charge is 0.101 e. The molecule has 0 radical (unpaired) electrons. The van der Waals surface area contributed by atoms with E-state index in [1.165, 1.54) is 5.57 Å². The summed E-state index contributed by atoms with van der Waals surface area (Å²) >= 11 is 0. The van der Waals surface area contributed by atoms with Crippen molar-refractivity contribution in [2.45, 2.75) is 50.9 Å². The van der Waals surface area contributed by atoms with E-state index >= 15 is 0 Å². The lowest BCUT2D eigenvalue weighted by molar-refractivity contribution is -0.0194. The minimum Gasteiger partial charge on any atom is -0.386 e. The van der Waals surface area contributed by atoms with Gasteiger partial charge in [0.2, 0.25) is 0 Å². The average molecular weight is 168 g/mol. The highest BCUT2D eigenvalue weighted by molar-refractivity contribution is 5.18. The van der Waals surface area contributed by atoms with Crippen LogP contribution < -0.4 is 0 Å². The molecule has 0 aliphatic carbocycles. The first-order valence-corrected chi connectivity index (χ1v) is 4.85. The summed E-state index contributed by atoms with van der Waals surface area (Å²) in [6.07, 6.45) is 6.47. The molecule has 0 aromatic carbocycles. The van der Waals surface area contributed by atoms with E-state index in [1.807, 2.05) is 0 Å². The van der Waals surface area contributed by atoms with Gasteiger partial charge in [0.1, 0.15) is 6.10 Å². The van der Waals surface area contributed by atoms with Gasteiger partial charge in [0, 0.05) is 0 Å². The van der Waals surface area contributed by atoms with Gasteiger partial charge in [-0.2, -0.15) is 0 Å². The Morgan fingerprint density at radius 3 is 3.17 bits per heavy atom. The maximum absolute atomic E-state index is 9.79. The molecule has 2 heteroatoms. The molecule has 2 aliphatic heterocycles. The van der Waals surface area contributed by atoms with Crippen molar-refractivity contribution in [3.8, 4) is 0 Å². The van der Waals surface area contributed by atoms with E-state index in [0.717, 1.165) is 25.7 Å². The van der Waals surface area contributed by atoms with E-state index in [2.05, 4.69) is 13.0 Å². The van der Waals surface area contributed by atoms with Crippen molar-refractivity contribution >= 4 is 0 Å². The Balaban J connectivity index is 2.11. The number of aliphatic hydroxyl groups excluding tert-OH is 1. The number of hydrogen-bond acceptors (Lipinski definition) is 2. The molecule has 2 bridgehead atoms. The zero-order valence-corrected chi connectivity index (χ0v) is 7.49. The Morgan fingerprint density at radius 2 is 2.42 bits per heavy atom. The molecule has 12 heavy (non-hydrogen) atoms. The fourth-order valence-electron chi connectivity index (χ4n) is 2.14. The van der Waals surface area contributed by atoms with Crippen LogP contribution in [0.4, 0.5) is 0 Å². The van der Waals surface area contributed by atoms with Crippen LogP contribution in [0.5, 0.6) is 0 Å². The third-order valence-electron chi connectivity index (χ3n) is 2.76. The third-order valence-corrected chi connectivity index (χ3v) is 2.76. The van der Waals surface area contributed by atoms with E-state index in [-0.39, 0.29) is 12.2 Å². The van der Waals surface area contributed by atoms with Crippen LogP contribution in [0.2, 0.25) is 0 Å². The molecule has 3 unspecified atom stereocenters. The van der Waals surface area contributed by atoms with Crippen LogP contribution in [0, 0.1) is 0 Å². The van der Waals surface area contributed by atoms with Gasteiger partial charge in [-0.05, 0) is 24.8 Å². The van der Waals surface area contributed by atoms with E-state index in [1.54, 1.807) is 0 Å². The van der Waals surface area contributed by atoms with Crippen molar-refractivity contribution in [2.24, 2.45) is 0 Å². The van der Waals surface area contributed by atoms with Crippen LogP contribution >= 0.6 is 0 Å². The van der Waals surface area contributed by atoms with E-state index in [0.29, 0.717) is 6.10 Å². The summed E-state index contributed by atoms with van der Waals surface area (Å²) in [6.45, 7) is 2.14. The summed E-state index contributed by atoms with van der Waals surface area (Å²) in [7, 11) is 0. The van der Waals surface area contributed by atoms with Crippen molar-refractivity contribution in [1.82, 2.24) is 0 Å². The van der Waals surface area contributed by atoms with Gasteiger partial charge in [0.15, 0.2) is 0 Å². The predicted molar refractivity (Wildman–Crippen MR) is 46.9 cm³/mol. The molecule has 0 amide bonds. The minimum absolute atomic E-state index is 0.0987. The maximum Gasteiger partial charge on any atom is 0.101 e. The number of hydrogen-bond donors (Lipinski definition) is 1. The van der Waals surface area contributed by atoms with Gasteiger partial charge >= 0.3 is 0 Å². The standard InChI is InChI=1S/C10H16O2/c1-2-3-7-6-8-4-5-9(12-8)10(7)11/h6,8-11H,2-5H2,1H3. The summed E-state index contributed by atoms with van der Waals surface area (Å²) in [5, 5.41) is 9.79. The SMILES string of the molecule is CCCC1=CC2CCC(O2)C1O. The first-order chi connectivity index (χ1) is 5.81. The summed E-state index contributed by atoms with van der Waals surface area (Å²) in [6, 6.07) is 0. The van der Waals surface area contributed by atoms with Gasteiger partial charge in [-0.1, -0.05) is 19.4 Å². The molecule has 0 aromatic heterocycles. The van der Waals surface area contributed by atoms with Gasteiger partial charge in [-0.3, -0.25) is 0 Å². The fraction of sp³-hybridized carbons (Fsp3) is 0.800. The van der Waals surface area contributed by atoms with Gasteiger partial charge in [-0.25, -0.2) is 0 Å². The highest BCUT2D eigenvalue weighted by atomic mass is 16.5. The predicted octanol–water partition coefficient (Wildman–Crippen LogP) is 1.64. The molecule has 1 fully saturated rings. The van der Waals surface area contributed by atoms with Crippen molar-refractivity contribution in [3.63, 3.8) is 0 Å². The van der Waals surface area contributed by atoms with Gasteiger partial charge in [-0.15, -0.1) is 0 Å². The first-order valence-electron chi connectivity index (χ1n) is 4.85.